The molecule has 7 heteroatoms. The fraction of sp³-hybridized carbons (Fsp3) is 0.316. The lowest BCUT2D eigenvalue weighted by molar-refractivity contribution is 0.0719. The summed E-state index contributed by atoms with van der Waals surface area (Å²) in [4.78, 5) is 14.9. The lowest BCUT2D eigenvalue weighted by Crippen LogP contribution is -2.38. The molecule has 2 aromatic heterocycles. The molecule has 0 bridgehead atoms. The number of benzene rings is 1. The molecule has 0 radical (unpaired) electrons. The van der Waals surface area contributed by atoms with Crippen molar-refractivity contribution in [2.24, 2.45) is 0 Å². The number of carbonyl (C=O) groups is 1. The summed E-state index contributed by atoms with van der Waals surface area (Å²) in [5.74, 6) is 0.0815. The van der Waals surface area contributed by atoms with E-state index in [1.165, 1.54) is 5.69 Å². The van der Waals surface area contributed by atoms with E-state index in [-0.39, 0.29) is 5.91 Å². The molecule has 0 aliphatic carbocycles. The van der Waals surface area contributed by atoms with Gasteiger partial charge in [0.15, 0.2) is 0 Å². The van der Waals surface area contributed by atoms with Crippen molar-refractivity contribution in [1.29, 1.82) is 0 Å². The van der Waals surface area contributed by atoms with Crippen molar-refractivity contribution in [3.8, 4) is 5.69 Å². The number of carbonyl (C=O) groups excluding carboxylic acids is 1. The van der Waals surface area contributed by atoms with E-state index >= 15 is 0 Å². The number of rotatable bonds is 2. The van der Waals surface area contributed by atoms with Gasteiger partial charge in [-0.15, -0.1) is 5.10 Å². The fourth-order valence-electron chi connectivity index (χ4n) is 3.84. The predicted octanol–water partition coefficient (Wildman–Crippen LogP) is 1.37. The normalized spacial score (nSPS) is 16.2. The zero-order valence-electron chi connectivity index (χ0n) is 14.4. The summed E-state index contributed by atoms with van der Waals surface area (Å²) in [5.41, 5.74) is 4.95. The van der Waals surface area contributed by atoms with E-state index in [1.54, 1.807) is 0 Å². The van der Waals surface area contributed by atoms with E-state index in [1.807, 2.05) is 52.0 Å². The molecule has 1 aromatic carbocycles. The molecule has 1 amide bonds. The molecule has 1 N–H and O–H groups in total. The Morgan fingerprint density at radius 2 is 1.96 bits per heavy atom. The Morgan fingerprint density at radius 1 is 1.08 bits per heavy atom. The van der Waals surface area contributed by atoms with Gasteiger partial charge in [-0.1, -0.05) is 23.4 Å². The maximum absolute atomic E-state index is 13.0. The van der Waals surface area contributed by atoms with Crippen LogP contribution in [-0.2, 0) is 26.1 Å². The van der Waals surface area contributed by atoms with Crippen LogP contribution >= 0.6 is 0 Å². The van der Waals surface area contributed by atoms with E-state index in [0.29, 0.717) is 13.1 Å². The first-order valence-corrected chi connectivity index (χ1v) is 8.98. The number of hydrogen-bond donors (Lipinski definition) is 1. The SMILES string of the molecule is O=C(c1ccc2n1CCNC2)N1CCc2c(nnn2-c2ccccc2)C1. The Balaban J connectivity index is 1.40. The highest BCUT2D eigenvalue weighted by Gasteiger charge is 2.28. The second kappa shape index (κ2) is 6.10. The highest BCUT2D eigenvalue weighted by Crippen LogP contribution is 2.22. The first-order chi connectivity index (χ1) is 12.8. The minimum atomic E-state index is 0.0815. The van der Waals surface area contributed by atoms with Crippen molar-refractivity contribution in [3.05, 3.63) is 65.2 Å². The lowest BCUT2D eigenvalue weighted by Gasteiger charge is -2.28. The van der Waals surface area contributed by atoms with E-state index in [0.717, 1.165) is 48.8 Å². The van der Waals surface area contributed by atoms with Crippen LogP contribution < -0.4 is 5.32 Å². The van der Waals surface area contributed by atoms with Crippen molar-refractivity contribution in [2.75, 3.05) is 13.1 Å². The number of para-hydroxylation sites is 1. The molecular weight excluding hydrogens is 328 g/mol. The van der Waals surface area contributed by atoms with Crippen molar-refractivity contribution in [1.82, 2.24) is 29.8 Å². The Bertz CT molecular complexity index is 958. The third kappa shape index (κ3) is 2.43. The van der Waals surface area contributed by atoms with Gasteiger partial charge in [0.1, 0.15) is 11.4 Å². The Labute approximate surface area is 151 Å². The third-order valence-electron chi connectivity index (χ3n) is 5.20. The van der Waals surface area contributed by atoms with E-state index in [9.17, 15) is 4.79 Å². The predicted molar refractivity (Wildman–Crippen MR) is 95.9 cm³/mol. The average molecular weight is 348 g/mol. The molecule has 2 aliphatic rings. The fourth-order valence-corrected chi connectivity index (χ4v) is 3.84. The van der Waals surface area contributed by atoms with Gasteiger partial charge in [0.05, 0.1) is 17.9 Å². The van der Waals surface area contributed by atoms with E-state index in [4.69, 9.17) is 0 Å². The summed E-state index contributed by atoms with van der Waals surface area (Å²) in [6.45, 7) is 3.76. The Hall–Kier alpha value is -2.93. The number of nitrogens with zero attached hydrogens (tertiary/aromatic N) is 5. The third-order valence-corrected chi connectivity index (χ3v) is 5.20. The summed E-state index contributed by atoms with van der Waals surface area (Å²) in [6, 6.07) is 14.0. The number of fused-ring (bicyclic) bond motifs is 2. The Kier molecular flexibility index (Phi) is 3.60. The van der Waals surface area contributed by atoms with Crippen LogP contribution in [0.15, 0.2) is 42.5 Å². The summed E-state index contributed by atoms with van der Waals surface area (Å²) in [6.07, 6.45) is 0.762. The number of hydrogen-bond acceptors (Lipinski definition) is 4. The molecule has 0 saturated heterocycles. The zero-order chi connectivity index (χ0) is 17.5. The van der Waals surface area contributed by atoms with Crippen LogP contribution in [0, 0.1) is 0 Å². The summed E-state index contributed by atoms with van der Waals surface area (Å²) >= 11 is 0. The minimum Gasteiger partial charge on any atom is -0.338 e. The van der Waals surface area contributed by atoms with Crippen molar-refractivity contribution in [2.45, 2.75) is 26.1 Å². The molecule has 3 aromatic rings. The van der Waals surface area contributed by atoms with Crippen LogP contribution in [0.1, 0.15) is 27.6 Å². The molecule has 132 valence electrons. The highest BCUT2D eigenvalue weighted by atomic mass is 16.2. The number of amides is 1. The van der Waals surface area contributed by atoms with Gasteiger partial charge in [0.25, 0.3) is 5.91 Å². The lowest BCUT2D eigenvalue weighted by atomic mass is 10.1. The summed E-state index contributed by atoms with van der Waals surface area (Å²) in [7, 11) is 0. The molecular formula is C19H20N6O. The second-order valence-corrected chi connectivity index (χ2v) is 6.75. The summed E-state index contributed by atoms with van der Waals surface area (Å²) in [5, 5.41) is 12.0. The molecule has 5 rings (SSSR count). The van der Waals surface area contributed by atoms with E-state index in [2.05, 4.69) is 20.2 Å². The molecule has 0 saturated carbocycles. The average Bonchev–Trinajstić information content (AvgIpc) is 3.32. The van der Waals surface area contributed by atoms with Crippen LogP contribution in [0.3, 0.4) is 0 Å². The van der Waals surface area contributed by atoms with E-state index < -0.39 is 0 Å². The number of nitrogens with one attached hydrogen (secondary N) is 1. The van der Waals surface area contributed by atoms with Gasteiger partial charge in [-0.2, -0.15) is 0 Å². The standard InChI is InChI=1S/C19H20N6O/c26-19(18-7-6-15-12-20-9-11-24(15)18)23-10-8-17-16(13-23)21-22-25(17)14-4-2-1-3-5-14/h1-7,20H,8-13H2. The first-order valence-electron chi connectivity index (χ1n) is 8.98. The minimum absolute atomic E-state index is 0.0815. The van der Waals surface area contributed by atoms with Gasteiger partial charge in [-0.05, 0) is 24.3 Å². The molecule has 26 heavy (non-hydrogen) atoms. The maximum atomic E-state index is 13.0. The smallest absolute Gasteiger partial charge is 0.270 e. The van der Waals surface area contributed by atoms with Crippen LogP contribution in [0.4, 0.5) is 0 Å². The first kappa shape index (κ1) is 15.3. The Morgan fingerprint density at radius 3 is 2.85 bits per heavy atom. The van der Waals surface area contributed by atoms with Crippen LogP contribution in [0.2, 0.25) is 0 Å². The van der Waals surface area contributed by atoms with Crippen molar-refractivity contribution < 1.29 is 4.79 Å². The monoisotopic (exact) mass is 348 g/mol. The van der Waals surface area contributed by atoms with Gasteiger partial charge in [0.2, 0.25) is 0 Å². The van der Waals surface area contributed by atoms with Crippen molar-refractivity contribution in [3.63, 3.8) is 0 Å². The molecule has 0 fully saturated rings. The summed E-state index contributed by atoms with van der Waals surface area (Å²) < 4.78 is 4.02. The molecule has 0 atom stereocenters. The van der Waals surface area contributed by atoms with Crippen LogP contribution in [-0.4, -0.2) is 43.5 Å². The maximum Gasteiger partial charge on any atom is 0.270 e. The zero-order valence-corrected chi connectivity index (χ0v) is 14.4. The quantitative estimate of drug-likeness (QED) is 0.760. The van der Waals surface area contributed by atoms with Gasteiger partial charge in [0, 0.05) is 38.3 Å². The number of aromatic nitrogens is 4. The van der Waals surface area contributed by atoms with Gasteiger partial charge < -0.3 is 14.8 Å². The molecule has 7 nitrogen and oxygen atoms in total. The van der Waals surface area contributed by atoms with Crippen molar-refractivity contribution >= 4 is 5.91 Å². The van der Waals surface area contributed by atoms with Crippen LogP contribution in [0.25, 0.3) is 5.69 Å². The van der Waals surface area contributed by atoms with Gasteiger partial charge in [-0.3, -0.25) is 4.79 Å². The largest absolute Gasteiger partial charge is 0.338 e. The van der Waals surface area contributed by atoms with Crippen LogP contribution in [0.5, 0.6) is 0 Å². The molecule has 2 aliphatic heterocycles. The molecule has 0 unspecified atom stereocenters. The van der Waals surface area contributed by atoms with Gasteiger partial charge >= 0.3 is 0 Å². The van der Waals surface area contributed by atoms with Gasteiger partial charge in [-0.25, -0.2) is 4.68 Å². The molecule has 0 spiro atoms. The molecule has 4 heterocycles. The topological polar surface area (TPSA) is 68.0 Å². The highest BCUT2D eigenvalue weighted by molar-refractivity contribution is 5.93. The second-order valence-electron chi connectivity index (χ2n) is 6.75.